The van der Waals surface area contributed by atoms with Crippen LogP contribution in [0.25, 0.3) is 0 Å². The van der Waals surface area contributed by atoms with Crippen LogP contribution < -0.4 is 0 Å². The highest BCUT2D eigenvalue weighted by molar-refractivity contribution is 7.08. The molecule has 3 atom stereocenters. The lowest BCUT2D eigenvalue weighted by Gasteiger charge is -2.21. The Morgan fingerprint density at radius 3 is 3.13 bits per heavy atom. The number of hydrogen-bond acceptors (Lipinski definition) is 5. The van der Waals surface area contributed by atoms with Crippen molar-refractivity contribution >= 4 is 17.2 Å². The summed E-state index contributed by atoms with van der Waals surface area (Å²) in [6.07, 6.45) is 1.77. The summed E-state index contributed by atoms with van der Waals surface area (Å²) in [5.41, 5.74) is 1.66. The maximum Gasteiger partial charge on any atom is 0.255 e. The van der Waals surface area contributed by atoms with Crippen molar-refractivity contribution in [2.45, 2.75) is 18.8 Å². The summed E-state index contributed by atoms with van der Waals surface area (Å²) in [6.45, 7) is 2.35. The number of hydrogen-bond donors (Lipinski definition) is 0. The first-order chi connectivity index (χ1) is 11.3. The quantitative estimate of drug-likeness (QED) is 0.862. The van der Waals surface area contributed by atoms with Crippen molar-refractivity contribution < 1.29 is 14.3 Å². The summed E-state index contributed by atoms with van der Waals surface area (Å²) >= 11 is 1.54. The van der Waals surface area contributed by atoms with Gasteiger partial charge in [0, 0.05) is 24.0 Å². The number of thiophene rings is 1. The van der Waals surface area contributed by atoms with Gasteiger partial charge in [-0.2, -0.15) is 11.3 Å². The van der Waals surface area contributed by atoms with Crippen LogP contribution in [0.5, 0.6) is 0 Å². The van der Waals surface area contributed by atoms with Gasteiger partial charge in [-0.15, -0.1) is 0 Å². The van der Waals surface area contributed by atoms with E-state index in [1.165, 1.54) is 0 Å². The van der Waals surface area contributed by atoms with Gasteiger partial charge in [-0.3, -0.25) is 9.78 Å². The Labute approximate surface area is 138 Å². The van der Waals surface area contributed by atoms with Gasteiger partial charge in [0.25, 0.3) is 5.91 Å². The van der Waals surface area contributed by atoms with Crippen molar-refractivity contribution in [3.63, 3.8) is 0 Å². The average Bonchev–Trinajstić information content (AvgIpc) is 3.31. The highest BCUT2D eigenvalue weighted by atomic mass is 32.1. The number of nitrogens with zero attached hydrogens (tertiary/aromatic N) is 2. The molecule has 0 aromatic carbocycles. The summed E-state index contributed by atoms with van der Waals surface area (Å²) in [5, 5.41) is 3.83. The number of likely N-dealkylation sites (tertiary alicyclic amines) is 1. The molecule has 2 aromatic heterocycles. The molecule has 5 nitrogen and oxygen atoms in total. The van der Waals surface area contributed by atoms with E-state index in [0.29, 0.717) is 26.4 Å². The first-order valence-corrected chi connectivity index (χ1v) is 8.69. The number of carbonyl (C=O) groups excluding carboxylic acids is 1. The maximum atomic E-state index is 12.7. The largest absolute Gasteiger partial charge is 0.379 e. The van der Waals surface area contributed by atoms with E-state index in [-0.39, 0.29) is 24.0 Å². The molecule has 23 heavy (non-hydrogen) atoms. The average molecular weight is 330 g/mol. The van der Waals surface area contributed by atoms with Crippen LogP contribution in [0.4, 0.5) is 0 Å². The van der Waals surface area contributed by atoms with Crippen LogP contribution >= 0.6 is 11.3 Å². The van der Waals surface area contributed by atoms with Gasteiger partial charge in [0.15, 0.2) is 0 Å². The van der Waals surface area contributed by atoms with E-state index >= 15 is 0 Å². The number of amides is 1. The third-order valence-corrected chi connectivity index (χ3v) is 5.23. The molecule has 2 fully saturated rings. The highest BCUT2D eigenvalue weighted by Gasteiger charge is 2.48. The van der Waals surface area contributed by atoms with Crippen LogP contribution in [0, 0.1) is 5.92 Å². The zero-order chi connectivity index (χ0) is 15.6. The molecule has 0 N–H and O–H groups in total. The minimum Gasteiger partial charge on any atom is -0.379 e. The van der Waals surface area contributed by atoms with Gasteiger partial charge < -0.3 is 14.4 Å². The van der Waals surface area contributed by atoms with Crippen LogP contribution in [0.1, 0.15) is 16.1 Å². The van der Waals surface area contributed by atoms with Gasteiger partial charge in [-0.25, -0.2) is 0 Å². The lowest BCUT2D eigenvalue weighted by atomic mass is 10.0. The SMILES string of the molecule is O=C(c1ccsc1)N1C[C@@H](OCc2ccccn2)[C@@H]2COC[C@@H]21. The number of fused-ring (bicyclic) bond motifs is 1. The second kappa shape index (κ2) is 6.39. The Bertz CT molecular complexity index is 662. The Morgan fingerprint density at radius 2 is 2.35 bits per heavy atom. The predicted octanol–water partition coefficient (Wildman–Crippen LogP) is 2.20. The van der Waals surface area contributed by atoms with Crippen LogP contribution in [0.15, 0.2) is 41.2 Å². The van der Waals surface area contributed by atoms with E-state index in [4.69, 9.17) is 9.47 Å². The van der Waals surface area contributed by atoms with Crippen LogP contribution in [-0.4, -0.2) is 47.7 Å². The standard InChI is InChI=1S/C17H18N2O3S/c20-17(12-4-6-23-11-12)19-7-16(14-9-21-10-15(14)19)22-8-13-3-1-2-5-18-13/h1-6,11,14-16H,7-10H2/t14-,15+,16-/m1/s1. The summed E-state index contributed by atoms with van der Waals surface area (Å²) < 4.78 is 11.7. The van der Waals surface area contributed by atoms with Gasteiger partial charge >= 0.3 is 0 Å². The molecule has 0 radical (unpaired) electrons. The maximum absolute atomic E-state index is 12.7. The van der Waals surface area contributed by atoms with E-state index in [0.717, 1.165) is 11.3 Å². The van der Waals surface area contributed by atoms with Crippen molar-refractivity contribution in [3.8, 4) is 0 Å². The van der Waals surface area contributed by atoms with Crippen molar-refractivity contribution in [2.24, 2.45) is 5.92 Å². The fourth-order valence-corrected chi connectivity index (χ4v) is 3.97. The molecule has 0 saturated carbocycles. The molecule has 120 valence electrons. The first-order valence-electron chi connectivity index (χ1n) is 7.75. The zero-order valence-electron chi connectivity index (χ0n) is 12.6. The van der Waals surface area contributed by atoms with Gasteiger partial charge in [-0.05, 0) is 23.6 Å². The van der Waals surface area contributed by atoms with E-state index < -0.39 is 0 Å². The predicted molar refractivity (Wildman–Crippen MR) is 86.3 cm³/mol. The fraction of sp³-hybridized carbons (Fsp3) is 0.412. The third-order valence-electron chi connectivity index (χ3n) is 4.55. The van der Waals surface area contributed by atoms with Gasteiger partial charge in [0.2, 0.25) is 0 Å². The minimum atomic E-state index is 0.00657. The Hall–Kier alpha value is -1.76. The molecule has 0 spiro atoms. The van der Waals surface area contributed by atoms with Crippen molar-refractivity contribution in [3.05, 3.63) is 52.5 Å². The number of pyridine rings is 1. The molecule has 2 aliphatic rings. The molecule has 4 rings (SSSR count). The Morgan fingerprint density at radius 1 is 1.39 bits per heavy atom. The lowest BCUT2D eigenvalue weighted by molar-refractivity contribution is 0.00801. The van der Waals surface area contributed by atoms with Crippen LogP contribution in [0.3, 0.4) is 0 Å². The molecule has 2 aliphatic heterocycles. The molecule has 0 bridgehead atoms. The smallest absolute Gasteiger partial charge is 0.255 e. The summed E-state index contributed by atoms with van der Waals surface area (Å²) in [4.78, 5) is 18.9. The Balaban J connectivity index is 1.46. The van der Waals surface area contributed by atoms with Crippen LogP contribution in [0.2, 0.25) is 0 Å². The fourth-order valence-electron chi connectivity index (χ4n) is 3.34. The topological polar surface area (TPSA) is 51.7 Å². The van der Waals surface area contributed by atoms with Gasteiger partial charge in [0.1, 0.15) is 0 Å². The van der Waals surface area contributed by atoms with Crippen molar-refractivity contribution in [1.29, 1.82) is 0 Å². The number of rotatable bonds is 4. The van der Waals surface area contributed by atoms with Crippen molar-refractivity contribution in [1.82, 2.24) is 9.88 Å². The highest BCUT2D eigenvalue weighted by Crippen LogP contribution is 2.33. The third kappa shape index (κ3) is 2.89. The number of carbonyl (C=O) groups is 1. The summed E-state index contributed by atoms with van der Waals surface area (Å²) in [5.74, 6) is 0.331. The molecule has 2 saturated heterocycles. The molecule has 6 heteroatoms. The second-order valence-corrected chi connectivity index (χ2v) is 6.69. The minimum absolute atomic E-state index is 0.00657. The lowest BCUT2D eigenvalue weighted by Crippen LogP contribution is -2.37. The normalized spacial score (nSPS) is 26.4. The van der Waals surface area contributed by atoms with Crippen LogP contribution in [-0.2, 0) is 16.1 Å². The van der Waals surface area contributed by atoms with E-state index in [1.54, 1.807) is 17.5 Å². The van der Waals surface area contributed by atoms with Crippen molar-refractivity contribution in [2.75, 3.05) is 19.8 Å². The molecule has 4 heterocycles. The summed E-state index contributed by atoms with van der Waals surface area (Å²) in [6, 6.07) is 7.79. The zero-order valence-corrected chi connectivity index (χ0v) is 13.4. The molecule has 2 aromatic rings. The second-order valence-electron chi connectivity index (χ2n) is 5.91. The van der Waals surface area contributed by atoms with E-state index in [1.807, 2.05) is 39.9 Å². The van der Waals surface area contributed by atoms with E-state index in [2.05, 4.69) is 4.98 Å². The number of ether oxygens (including phenoxy) is 2. The monoisotopic (exact) mass is 330 g/mol. The Kier molecular flexibility index (Phi) is 4.11. The first kappa shape index (κ1) is 14.8. The molecule has 0 aliphatic carbocycles. The molecule has 0 unspecified atom stereocenters. The molecular formula is C17H18N2O3S. The van der Waals surface area contributed by atoms with E-state index in [9.17, 15) is 4.79 Å². The number of aromatic nitrogens is 1. The molecule has 1 amide bonds. The van der Waals surface area contributed by atoms with Gasteiger partial charge in [-0.1, -0.05) is 6.07 Å². The molecular weight excluding hydrogens is 312 g/mol. The van der Waals surface area contributed by atoms with Gasteiger partial charge in [0.05, 0.1) is 43.2 Å². The summed E-state index contributed by atoms with van der Waals surface area (Å²) in [7, 11) is 0.